The van der Waals surface area contributed by atoms with E-state index < -0.39 is 0 Å². The van der Waals surface area contributed by atoms with Crippen molar-refractivity contribution in [1.29, 1.82) is 0 Å². The molecule has 4 rings (SSSR count). The summed E-state index contributed by atoms with van der Waals surface area (Å²) in [6.45, 7) is 7.34. The van der Waals surface area contributed by atoms with Gasteiger partial charge in [0.1, 0.15) is 19.0 Å². The van der Waals surface area contributed by atoms with Crippen molar-refractivity contribution >= 4 is 5.91 Å². The minimum absolute atomic E-state index is 0.0339. The molecular formula is C24H29FN2O4. The van der Waals surface area contributed by atoms with Crippen LogP contribution in [0.25, 0.3) is 0 Å². The lowest BCUT2D eigenvalue weighted by Crippen LogP contribution is -2.45. The molecule has 1 N–H and O–H groups in total. The first-order valence-electron chi connectivity index (χ1n) is 10.8. The van der Waals surface area contributed by atoms with Gasteiger partial charge in [0.15, 0.2) is 11.5 Å². The van der Waals surface area contributed by atoms with E-state index in [0.29, 0.717) is 32.9 Å². The Morgan fingerprint density at radius 3 is 2.58 bits per heavy atom. The second-order valence-corrected chi connectivity index (χ2v) is 8.34. The Hall–Kier alpha value is -2.64. The highest BCUT2D eigenvalue weighted by atomic mass is 19.1. The zero-order chi connectivity index (χ0) is 21.8. The van der Waals surface area contributed by atoms with E-state index in [-0.39, 0.29) is 36.3 Å². The third kappa shape index (κ3) is 5.35. The molecule has 0 aliphatic carbocycles. The summed E-state index contributed by atoms with van der Waals surface area (Å²) in [5.41, 5.74) is 1.92. The number of nitrogens with one attached hydrogen (secondary N) is 1. The number of amides is 1. The molecule has 0 saturated carbocycles. The first kappa shape index (κ1) is 21.6. The van der Waals surface area contributed by atoms with Crippen molar-refractivity contribution < 1.29 is 23.4 Å². The number of halogens is 1. The van der Waals surface area contributed by atoms with Gasteiger partial charge in [0.2, 0.25) is 5.91 Å². The van der Waals surface area contributed by atoms with Gasteiger partial charge in [-0.3, -0.25) is 9.69 Å². The van der Waals surface area contributed by atoms with Crippen molar-refractivity contribution in [1.82, 2.24) is 10.2 Å². The fraction of sp³-hybridized carbons (Fsp3) is 0.458. The Morgan fingerprint density at radius 1 is 1.10 bits per heavy atom. The monoisotopic (exact) mass is 428 g/mol. The number of fused-ring (bicyclic) bond motifs is 1. The van der Waals surface area contributed by atoms with Crippen molar-refractivity contribution in [2.45, 2.75) is 26.0 Å². The molecule has 2 aromatic rings. The Kier molecular flexibility index (Phi) is 6.73. The highest BCUT2D eigenvalue weighted by Crippen LogP contribution is 2.34. The molecule has 2 atom stereocenters. The molecular weight excluding hydrogens is 399 g/mol. The molecule has 2 aromatic carbocycles. The van der Waals surface area contributed by atoms with Gasteiger partial charge in [-0.25, -0.2) is 4.39 Å². The van der Waals surface area contributed by atoms with Gasteiger partial charge >= 0.3 is 0 Å². The zero-order valence-electron chi connectivity index (χ0n) is 18.0. The van der Waals surface area contributed by atoms with E-state index in [9.17, 15) is 9.18 Å². The van der Waals surface area contributed by atoms with E-state index in [4.69, 9.17) is 14.2 Å². The summed E-state index contributed by atoms with van der Waals surface area (Å²) in [4.78, 5) is 15.0. The SMILES string of the molecule is CC(C)C(NC(=O)CN1CCOC(c2ccc(F)cc2)C1)c1ccc2c(c1)OCCO2. The maximum atomic E-state index is 13.2. The molecule has 7 heteroatoms. The highest BCUT2D eigenvalue weighted by Gasteiger charge is 2.26. The van der Waals surface area contributed by atoms with Crippen LogP contribution in [0.15, 0.2) is 42.5 Å². The molecule has 2 unspecified atom stereocenters. The molecule has 1 amide bonds. The van der Waals surface area contributed by atoms with Gasteiger partial charge in [-0.15, -0.1) is 0 Å². The van der Waals surface area contributed by atoms with Gasteiger partial charge in [0.05, 0.1) is 25.3 Å². The van der Waals surface area contributed by atoms with E-state index in [1.54, 1.807) is 12.1 Å². The highest BCUT2D eigenvalue weighted by molar-refractivity contribution is 5.78. The van der Waals surface area contributed by atoms with Crippen molar-refractivity contribution in [2.75, 3.05) is 39.5 Å². The number of nitrogens with zero attached hydrogens (tertiary/aromatic N) is 1. The molecule has 2 heterocycles. The lowest BCUT2D eigenvalue weighted by atomic mass is 9.95. The van der Waals surface area contributed by atoms with Crippen LogP contribution in [0.5, 0.6) is 11.5 Å². The van der Waals surface area contributed by atoms with Crippen LogP contribution in [0.2, 0.25) is 0 Å². The predicted molar refractivity (Wildman–Crippen MR) is 115 cm³/mol. The molecule has 31 heavy (non-hydrogen) atoms. The molecule has 6 nitrogen and oxygen atoms in total. The number of carbonyl (C=O) groups is 1. The van der Waals surface area contributed by atoms with Crippen molar-refractivity contribution in [3.05, 3.63) is 59.4 Å². The number of rotatable bonds is 6. The van der Waals surface area contributed by atoms with Crippen LogP contribution in [0, 0.1) is 11.7 Å². The molecule has 2 aliphatic rings. The number of morpholine rings is 1. The molecule has 1 fully saturated rings. The van der Waals surface area contributed by atoms with E-state index in [2.05, 4.69) is 24.1 Å². The van der Waals surface area contributed by atoms with Crippen LogP contribution in [-0.4, -0.2) is 50.3 Å². The predicted octanol–water partition coefficient (Wildman–Crippen LogP) is 3.48. The van der Waals surface area contributed by atoms with Gasteiger partial charge in [-0.1, -0.05) is 32.0 Å². The summed E-state index contributed by atoms with van der Waals surface area (Å²) in [6, 6.07) is 12.1. The Balaban J connectivity index is 1.38. The third-order valence-corrected chi connectivity index (χ3v) is 5.67. The van der Waals surface area contributed by atoms with E-state index in [0.717, 1.165) is 22.6 Å². The molecule has 166 valence electrons. The van der Waals surface area contributed by atoms with Crippen LogP contribution in [-0.2, 0) is 9.53 Å². The van der Waals surface area contributed by atoms with E-state index in [1.807, 2.05) is 18.2 Å². The third-order valence-electron chi connectivity index (χ3n) is 5.67. The minimum Gasteiger partial charge on any atom is -0.486 e. The smallest absolute Gasteiger partial charge is 0.234 e. The van der Waals surface area contributed by atoms with Gasteiger partial charge in [0, 0.05) is 13.1 Å². The first-order chi connectivity index (χ1) is 15.0. The molecule has 0 bridgehead atoms. The Labute approximate surface area is 182 Å². The maximum absolute atomic E-state index is 13.2. The van der Waals surface area contributed by atoms with Crippen molar-refractivity contribution in [3.63, 3.8) is 0 Å². The van der Waals surface area contributed by atoms with Crippen LogP contribution < -0.4 is 14.8 Å². The lowest BCUT2D eigenvalue weighted by Gasteiger charge is -2.33. The molecule has 2 aliphatic heterocycles. The van der Waals surface area contributed by atoms with Crippen LogP contribution in [0.4, 0.5) is 4.39 Å². The number of hydrogen-bond acceptors (Lipinski definition) is 5. The minimum atomic E-state index is -0.269. The zero-order valence-corrected chi connectivity index (χ0v) is 18.0. The molecule has 1 saturated heterocycles. The van der Waals surface area contributed by atoms with Crippen LogP contribution in [0.3, 0.4) is 0 Å². The summed E-state index contributed by atoms with van der Waals surface area (Å²) < 4.78 is 30.3. The molecule has 0 radical (unpaired) electrons. The summed E-state index contributed by atoms with van der Waals surface area (Å²) in [7, 11) is 0. The van der Waals surface area contributed by atoms with Crippen LogP contribution >= 0.6 is 0 Å². The number of carbonyl (C=O) groups excluding carboxylic acids is 1. The topological polar surface area (TPSA) is 60.0 Å². The quantitative estimate of drug-likeness (QED) is 0.763. The standard InChI is InChI=1S/C24H29FN2O4/c1-16(2)24(18-5-8-20-21(13-18)31-12-11-30-20)26-23(28)15-27-9-10-29-22(14-27)17-3-6-19(25)7-4-17/h3-8,13,16,22,24H,9-12,14-15H2,1-2H3,(H,26,28). The van der Waals surface area contributed by atoms with Gasteiger partial charge in [-0.2, -0.15) is 0 Å². The summed E-state index contributed by atoms with van der Waals surface area (Å²) >= 11 is 0. The van der Waals surface area contributed by atoms with Gasteiger partial charge < -0.3 is 19.5 Å². The Morgan fingerprint density at radius 2 is 1.84 bits per heavy atom. The number of hydrogen-bond donors (Lipinski definition) is 1. The van der Waals surface area contributed by atoms with E-state index in [1.165, 1.54) is 12.1 Å². The second-order valence-electron chi connectivity index (χ2n) is 8.34. The second kappa shape index (κ2) is 9.66. The maximum Gasteiger partial charge on any atom is 0.234 e. The summed E-state index contributed by atoms with van der Waals surface area (Å²) in [6.07, 6.45) is -0.166. The average molecular weight is 429 g/mol. The average Bonchev–Trinajstić information content (AvgIpc) is 2.77. The number of benzene rings is 2. The molecule has 0 aromatic heterocycles. The van der Waals surface area contributed by atoms with Crippen molar-refractivity contribution in [2.24, 2.45) is 5.92 Å². The lowest BCUT2D eigenvalue weighted by molar-refractivity contribution is -0.125. The summed E-state index contributed by atoms with van der Waals surface area (Å²) in [5.74, 6) is 1.37. The van der Waals surface area contributed by atoms with Crippen molar-refractivity contribution in [3.8, 4) is 11.5 Å². The normalized spacial score (nSPS) is 19.8. The Bertz CT molecular complexity index is 903. The first-order valence-corrected chi connectivity index (χ1v) is 10.8. The summed E-state index contributed by atoms with van der Waals surface area (Å²) in [5, 5.41) is 3.18. The van der Waals surface area contributed by atoms with Gasteiger partial charge in [0.25, 0.3) is 0 Å². The number of ether oxygens (including phenoxy) is 3. The van der Waals surface area contributed by atoms with Gasteiger partial charge in [-0.05, 0) is 41.3 Å². The fourth-order valence-corrected chi connectivity index (χ4v) is 4.04. The fourth-order valence-electron chi connectivity index (χ4n) is 4.04. The van der Waals surface area contributed by atoms with Crippen LogP contribution in [0.1, 0.15) is 37.1 Å². The molecule has 0 spiro atoms. The van der Waals surface area contributed by atoms with E-state index >= 15 is 0 Å². The largest absolute Gasteiger partial charge is 0.486 e.